The molecule has 1 aliphatic heterocycles. The van der Waals surface area contributed by atoms with Crippen molar-refractivity contribution in [1.82, 2.24) is 14.5 Å². The SMILES string of the molecule is COCCN1CN(c2ccc(C)c(C)c2)c2nc(C)c(Cc3ccccc3)c(=O)n2C1. The number of aromatic nitrogens is 2. The average molecular weight is 419 g/mol. The normalized spacial score (nSPS) is 14.0. The highest BCUT2D eigenvalue weighted by atomic mass is 16.5. The maximum Gasteiger partial charge on any atom is 0.259 e. The summed E-state index contributed by atoms with van der Waals surface area (Å²) in [6.45, 7) is 8.68. The van der Waals surface area contributed by atoms with Gasteiger partial charge in [0, 0.05) is 31.3 Å². The molecule has 162 valence electrons. The fourth-order valence-electron chi connectivity index (χ4n) is 3.98. The minimum atomic E-state index is 0.0299. The molecule has 0 aliphatic carbocycles. The van der Waals surface area contributed by atoms with Crippen LogP contribution in [0.2, 0.25) is 0 Å². The summed E-state index contributed by atoms with van der Waals surface area (Å²) in [5, 5.41) is 0. The van der Waals surface area contributed by atoms with Gasteiger partial charge in [0.25, 0.3) is 5.56 Å². The second-order valence-corrected chi connectivity index (χ2v) is 8.24. The molecular formula is C25H30N4O2. The smallest absolute Gasteiger partial charge is 0.259 e. The van der Waals surface area contributed by atoms with Crippen LogP contribution >= 0.6 is 0 Å². The molecule has 1 aliphatic rings. The first-order valence-electron chi connectivity index (χ1n) is 10.7. The molecule has 3 aromatic rings. The van der Waals surface area contributed by atoms with Crippen LogP contribution in [-0.2, 0) is 17.8 Å². The fraction of sp³-hybridized carbons (Fsp3) is 0.360. The Bertz CT molecular complexity index is 1120. The number of ether oxygens (including phenoxy) is 1. The predicted octanol–water partition coefficient (Wildman–Crippen LogP) is 3.77. The van der Waals surface area contributed by atoms with Crippen LogP contribution in [0.1, 0.15) is 27.9 Å². The predicted molar refractivity (Wildman–Crippen MR) is 124 cm³/mol. The maximum atomic E-state index is 13.6. The molecule has 0 unspecified atom stereocenters. The van der Waals surface area contributed by atoms with Crippen molar-refractivity contribution < 1.29 is 4.74 Å². The van der Waals surface area contributed by atoms with E-state index in [1.54, 1.807) is 11.7 Å². The second kappa shape index (κ2) is 9.04. The summed E-state index contributed by atoms with van der Waals surface area (Å²) < 4.78 is 7.10. The topological polar surface area (TPSA) is 50.6 Å². The van der Waals surface area contributed by atoms with Crippen LogP contribution in [0.25, 0.3) is 0 Å². The van der Waals surface area contributed by atoms with Crippen molar-refractivity contribution in [3.8, 4) is 0 Å². The third-order valence-electron chi connectivity index (χ3n) is 6.01. The van der Waals surface area contributed by atoms with Gasteiger partial charge >= 0.3 is 0 Å². The van der Waals surface area contributed by atoms with Crippen molar-refractivity contribution in [2.24, 2.45) is 0 Å². The number of hydrogen-bond donors (Lipinski definition) is 0. The van der Waals surface area contributed by atoms with Gasteiger partial charge in [0.1, 0.15) is 0 Å². The van der Waals surface area contributed by atoms with Crippen LogP contribution < -0.4 is 10.5 Å². The van der Waals surface area contributed by atoms with Crippen molar-refractivity contribution in [2.45, 2.75) is 33.9 Å². The van der Waals surface area contributed by atoms with Gasteiger partial charge in [-0.15, -0.1) is 0 Å². The Morgan fingerprint density at radius 2 is 1.77 bits per heavy atom. The van der Waals surface area contributed by atoms with Crippen molar-refractivity contribution in [3.63, 3.8) is 0 Å². The zero-order valence-corrected chi connectivity index (χ0v) is 18.8. The van der Waals surface area contributed by atoms with E-state index in [4.69, 9.17) is 9.72 Å². The van der Waals surface area contributed by atoms with Crippen LogP contribution in [0, 0.1) is 20.8 Å². The van der Waals surface area contributed by atoms with E-state index >= 15 is 0 Å². The summed E-state index contributed by atoms with van der Waals surface area (Å²) in [5.74, 6) is 0.705. The third kappa shape index (κ3) is 4.40. The lowest BCUT2D eigenvalue weighted by atomic mass is 10.0. The summed E-state index contributed by atoms with van der Waals surface area (Å²) in [6.07, 6.45) is 0.584. The molecule has 0 atom stereocenters. The highest BCUT2D eigenvalue weighted by molar-refractivity contribution is 5.60. The Morgan fingerprint density at radius 3 is 2.48 bits per heavy atom. The number of aryl methyl sites for hydroxylation is 3. The lowest BCUT2D eigenvalue weighted by molar-refractivity contribution is 0.121. The highest BCUT2D eigenvalue weighted by Gasteiger charge is 2.28. The molecular weight excluding hydrogens is 388 g/mol. The minimum Gasteiger partial charge on any atom is -0.383 e. The minimum absolute atomic E-state index is 0.0299. The summed E-state index contributed by atoms with van der Waals surface area (Å²) in [4.78, 5) is 22.9. The van der Waals surface area contributed by atoms with Crippen molar-refractivity contribution in [3.05, 3.63) is 86.8 Å². The molecule has 0 saturated heterocycles. The van der Waals surface area contributed by atoms with Gasteiger partial charge < -0.3 is 4.74 Å². The highest BCUT2D eigenvalue weighted by Crippen LogP contribution is 2.29. The average Bonchev–Trinajstić information content (AvgIpc) is 2.77. The van der Waals surface area contributed by atoms with E-state index in [0.717, 1.165) is 29.1 Å². The van der Waals surface area contributed by atoms with Gasteiger partial charge in [0.2, 0.25) is 5.95 Å². The Kier molecular flexibility index (Phi) is 6.20. The molecule has 0 amide bonds. The summed E-state index contributed by atoms with van der Waals surface area (Å²) >= 11 is 0. The van der Waals surface area contributed by atoms with Crippen molar-refractivity contribution >= 4 is 11.6 Å². The molecule has 31 heavy (non-hydrogen) atoms. The summed E-state index contributed by atoms with van der Waals surface area (Å²) in [6, 6.07) is 16.5. The molecule has 2 aromatic carbocycles. The first kappa shape index (κ1) is 21.3. The van der Waals surface area contributed by atoms with E-state index in [1.165, 1.54) is 11.1 Å². The Hall–Kier alpha value is -2.96. The Balaban J connectivity index is 1.79. The van der Waals surface area contributed by atoms with E-state index in [1.807, 2.05) is 25.1 Å². The molecule has 0 radical (unpaired) electrons. The summed E-state index contributed by atoms with van der Waals surface area (Å²) in [7, 11) is 1.70. The zero-order valence-electron chi connectivity index (χ0n) is 18.8. The first-order chi connectivity index (χ1) is 15.0. The molecule has 0 N–H and O–H groups in total. The van der Waals surface area contributed by atoms with Crippen molar-refractivity contribution in [1.29, 1.82) is 0 Å². The van der Waals surface area contributed by atoms with Gasteiger partial charge in [0.15, 0.2) is 0 Å². The van der Waals surface area contributed by atoms with E-state index < -0.39 is 0 Å². The van der Waals surface area contributed by atoms with Crippen LogP contribution in [0.15, 0.2) is 53.3 Å². The molecule has 0 saturated carbocycles. The van der Waals surface area contributed by atoms with Gasteiger partial charge in [-0.25, -0.2) is 4.98 Å². The van der Waals surface area contributed by atoms with Gasteiger partial charge in [-0.3, -0.25) is 19.2 Å². The monoisotopic (exact) mass is 418 g/mol. The summed E-state index contributed by atoms with van der Waals surface area (Å²) in [5.41, 5.74) is 6.20. The molecule has 1 aromatic heterocycles. The molecule has 0 fully saturated rings. The van der Waals surface area contributed by atoms with Gasteiger partial charge in [0.05, 0.1) is 25.6 Å². The number of benzene rings is 2. The maximum absolute atomic E-state index is 13.6. The quantitative estimate of drug-likeness (QED) is 0.610. The molecule has 0 bridgehead atoms. The van der Waals surface area contributed by atoms with E-state index in [9.17, 15) is 4.79 Å². The van der Waals surface area contributed by atoms with Crippen LogP contribution in [0.5, 0.6) is 0 Å². The molecule has 6 heteroatoms. The fourth-order valence-corrected chi connectivity index (χ4v) is 3.98. The van der Waals surface area contributed by atoms with E-state index in [0.29, 0.717) is 32.3 Å². The number of hydrogen-bond acceptors (Lipinski definition) is 5. The van der Waals surface area contributed by atoms with Crippen LogP contribution in [0.3, 0.4) is 0 Å². The number of fused-ring (bicyclic) bond motifs is 1. The van der Waals surface area contributed by atoms with E-state index in [-0.39, 0.29) is 5.56 Å². The standard InChI is InChI=1S/C25H30N4O2/c1-18-10-11-22(14-19(18)2)28-16-27(12-13-31-4)17-29-24(30)23(20(3)26-25(28)29)15-21-8-6-5-7-9-21/h5-11,14H,12-13,15-17H2,1-4H3. The Morgan fingerprint density at radius 1 is 1.00 bits per heavy atom. The van der Waals surface area contributed by atoms with Gasteiger partial charge in [-0.1, -0.05) is 36.4 Å². The zero-order chi connectivity index (χ0) is 22.0. The lowest BCUT2D eigenvalue weighted by Gasteiger charge is -2.38. The largest absolute Gasteiger partial charge is 0.383 e. The molecule has 2 heterocycles. The number of nitrogens with zero attached hydrogens (tertiary/aromatic N) is 4. The number of rotatable bonds is 6. The van der Waals surface area contributed by atoms with Crippen LogP contribution in [0.4, 0.5) is 11.6 Å². The lowest BCUT2D eigenvalue weighted by Crippen LogP contribution is -2.48. The number of anilines is 2. The van der Waals surface area contributed by atoms with Gasteiger partial charge in [-0.05, 0) is 49.6 Å². The van der Waals surface area contributed by atoms with Crippen LogP contribution in [-0.4, -0.2) is 41.4 Å². The third-order valence-corrected chi connectivity index (χ3v) is 6.01. The van der Waals surface area contributed by atoms with E-state index in [2.05, 4.69) is 54.0 Å². The second-order valence-electron chi connectivity index (χ2n) is 8.24. The molecule has 0 spiro atoms. The van der Waals surface area contributed by atoms with Crippen molar-refractivity contribution in [2.75, 3.05) is 31.8 Å². The Labute approximate surface area is 183 Å². The molecule has 6 nitrogen and oxygen atoms in total. The van der Waals surface area contributed by atoms with Gasteiger partial charge in [-0.2, -0.15) is 0 Å². The first-order valence-corrected chi connectivity index (χ1v) is 10.7. The molecule has 4 rings (SSSR count). The number of methoxy groups -OCH3 is 1.